The van der Waals surface area contributed by atoms with Crippen LogP contribution in [0.4, 0.5) is 0 Å². The minimum absolute atomic E-state index is 0.220. The Morgan fingerprint density at radius 1 is 0.968 bits per heavy atom. The van der Waals surface area contributed by atoms with E-state index in [1.54, 1.807) is 0 Å². The molecule has 0 bridgehead atoms. The molecule has 0 unspecified atom stereocenters. The van der Waals surface area contributed by atoms with Crippen LogP contribution in [0.25, 0.3) is 0 Å². The fourth-order valence-electron chi connectivity index (χ4n) is 3.21. The molecule has 31 heavy (non-hydrogen) atoms. The van der Waals surface area contributed by atoms with Crippen molar-refractivity contribution in [2.24, 2.45) is 0 Å². The summed E-state index contributed by atoms with van der Waals surface area (Å²) in [7, 11) is 4.33. The van der Waals surface area contributed by atoms with Gasteiger partial charge in [-0.25, -0.2) is 0 Å². The molecule has 2 rings (SSSR count). The number of ether oxygens (including phenoxy) is 4. The Morgan fingerprint density at radius 3 is 2.26 bits per heavy atom. The molecule has 1 aliphatic rings. The number of benzene rings is 1. The molecule has 0 atom stereocenters. The van der Waals surface area contributed by atoms with Crippen LogP contribution >= 0.6 is 0 Å². The molecule has 170 valence electrons. The number of rotatable bonds is 11. The van der Waals surface area contributed by atoms with E-state index in [1.807, 2.05) is 0 Å². The first-order valence-electron chi connectivity index (χ1n) is 10.2. The minimum atomic E-state index is -0.717. The number of hydrogen-bond donors (Lipinski definition) is 2. The molecule has 1 aliphatic carbocycles. The van der Waals surface area contributed by atoms with E-state index in [2.05, 4.69) is 16.7 Å². The second-order valence-electron chi connectivity index (χ2n) is 6.97. The second-order valence-corrected chi connectivity index (χ2v) is 6.97. The number of carbonyl (C=O) groups excluding carboxylic acids is 3. The van der Waals surface area contributed by atoms with Gasteiger partial charge >= 0.3 is 5.97 Å². The maximum atomic E-state index is 12.4. The van der Waals surface area contributed by atoms with Crippen molar-refractivity contribution in [3.8, 4) is 17.2 Å². The molecule has 0 saturated heterocycles. The predicted octanol–water partition coefficient (Wildman–Crippen LogP) is 1.99. The molecule has 0 spiro atoms. The van der Waals surface area contributed by atoms with Crippen molar-refractivity contribution in [2.45, 2.75) is 32.1 Å². The summed E-state index contributed by atoms with van der Waals surface area (Å²) in [5.74, 6) is -0.634. The van der Waals surface area contributed by atoms with E-state index >= 15 is 0 Å². The lowest BCUT2D eigenvalue weighted by Crippen LogP contribution is -2.34. The predicted molar refractivity (Wildman–Crippen MR) is 114 cm³/mol. The van der Waals surface area contributed by atoms with Crippen molar-refractivity contribution in [3.05, 3.63) is 29.3 Å². The van der Waals surface area contributed by atoms with Crippen LogP contribution in [0.2, 0.25) is 0 Å². The van der Waals surface area contributed by atoms with Crippen molar-refractivity contribution in [2.75, 3.05) is 41.0 Å². The van der Waals surface area contributed by atoms with Crippen molar-refractivity contribution >= 4 is 17.8 Å². The van der Waals surface area contributed by atoms with Gasteiger partial charge in [-0.1, -0.05) is 11.6 Å². The van der Waals surface area contributed by atoms with Gasteiger partial charge in [0.1, 0.15) is 6.54 Å². The molecule has 2 amide bonds. The SMILES string of the molecule is COc1cc(C(=O)NCC(=O)OCC(=O)NCCC2=CCCCC2)cc(OC)c1OC. The van der Waals surface area contributed by atoms with Crippen molar-refractivity contribution in [1.82, 2.24) is 10.6 Å². The Bertz CT molecular complexity index is 795. The van der Waals surface area contributed by atoms with Crippen LogP contribution in [0.3, 0.4) is 0 Å². The highest BCUT2D eigenvalue weighted by molar-refractivity contribution is 5.97. The molecular weight excluding hydrogens is 404 g/mol. The average Bonchev–Trinajstić information content (AvgIpc) is 2.80. The van der Waals surface area contributed by atoms with Crippen LogP contribution in [0.1, 0.15) is 42.5 Å². The van der Waals surface area contributed by atoms with Gasteiger partial charge in [-0.3, -0.25) is 14.4 Å². The zero-order valence-electron chi connectivity index (χ0n) is 18.2. The highest BCUT2D eigenvalue weighted by atomic mass is 16.5. The number of methoxy groups -OCH3 is 3. The summed E-state index contributed by atoms with van der Waals surface area (Å²) >= 11 is 0. The normalized spacial score (nSPS) is 12.9. The van der Waals surface area contributed by atoms with E-state index in [0.29, 0.717) is 23.8 Å². The topological polar surface area (TPSA) is 112 Å². The van der Waals surface area contributed by atoms with Crippen LogP contribution < -0.4 is 24.8 Å². The third-order valence-corrected chi connectivity index (χ3v) is 4.84. The Morgan fingerprint density at radius 2 is 1.68 bits per heavy atom. The fraction of sp³-hybridized carbons (Fsp3) is 0.500. The molecule has 0 aliphatic heterocycles. The van der Waals surface area contributed by atoms with Crippen LogP contribution in [-0.4, -0.2) is 58.8 Å². The quantitative estimate of drug-likeness (QED) is 0.405. The van der Waals surface area contributed by atoms with E-state index in [0.717, 1.165) is 19.3 Å². The van der Waals surface area contributed by atoms with Gasteiger partial charge in [0.2, 0.25) is 5.75 Å². The van der Waals surface area contributed by atoms with Crippen LogP contribution in [0.5, 0.6) is 17.2 Å². The lowest BCUT2D eigenvalue weighted by Gasteiger charge is -2.14. The first kappa shape index (κ1) is 24.0. The standard InChI is InChI=1S/C22H30N2O7/c1-28-17-11-16(12-18(29-2)21(17)30-3)22(27)24-13-20(26)31-14-19(25)23-10-9-15-7-5-4-6-8-15/h7,11-12H,4-6,8-10,13-14H2,1-3H3,(H,23,25)(H,24,27). The zero-order chi connectivity index (χ0) is 22.6. The highest BCUT2D eigenvalue weighted by Gasteiger charge is 2.18. The maximum absolute atomic E-state index is 12.4. The number of esters is 1. The van der Waals surface area contributed by atoms with E-state index < -0.39 is 18.5 Å². The number of nitrogens with one attached hydrogen (secondary N) is 2. The Balaban J connectivity index is 1.74. The monoisotopic (exact) mass is 434 g/mol. The minimum Gasteiger partial charge on any atom is -0.493 e. The van der Waals surface area contributed by atoms with E-state index in [-0.39, 0.29) is 18.0 Å². The largest absolute Gasteiger partial charge is 0.493 e. The molecular formula is C22H30N2O7. The Hall–Kier alpha value is -3.23. The van der Waals surface area contributed by atoms with Crippen molar-refractivity contribution in [1.29, 1.82) is 0 Å². The lowest BCUT2D eigenvalue weighted by atomic mass is 9.97. The molecule has 1 aromatic carbocycles. The highest BCUT2D eigenvalue weighted by Crippen LogP contribution is 2.38. The molecule has 0 heterocycles. The third-order valence-electron chi connectivity index (χ3n) is 4.84. The van der Waals surface area contributed by atoms with Gasteiger partial charge in [-0.05, 0) is 44.2 Å². The van der Waals surface area contributed by atoms with Gasteiger partial charge in [0.05, 0.1) is 21.3 Å². The smallest absolute Gasteiger partial charge is 0.325 e. The van der Waals surface area contributed by atoms with Crippen LogP contribution in [-0.2, 0) is 14.3 Å². The Kier molecular flexibility index (Phi) is 9.67. The molecule has 0 saturated carbocycles. The summed E-state index contributed by atoms with van der Waals surface area (Å²) in [6.45, 7) is -0.256. The molecule has 1 aromatic rings. The van der Waals surface area contributed by atoms with Crippen molar-refractivity contribution in [3.63, 3.8) is 0 Å². The number of hydrogen-bond acceptors (Lipinski definition) is 7. The van der Waals surface area contributed by atoms with Gasteiger partial charge in [-0.15, -0.1) is 0 Å². The lowest BCUT2D eigenvalue weighted by molar-refractivity contribution is -0.147. The Labute approximate surface area is 182 Å². The maximum Gasteiger partial charge on any atom is 0.325 e. The summed E-state index contributed by atoms with van der Waals surface area (Å²) in [4.78, 5) is 36.0. The number of amides is 2. The number of carbonyl (C=O) groups is 3. The molecule has 0 aromatic heterocycles. The summed E-state index contributed by atoms with van der Waals surface area (Å²) < 4.78 is 20.5. The van der Waals surface area contributed by atoms with Gasteiger partial charge in [0, 0.05) is 12.1 Å². The van der Waals surface area contributed by atoms with Crippen molar-refractivity contribution < 1.29 is 33.3 Å². The molecule has 2 N–H and O–H groups in total. The third kappa shape index (κ3) is 7.51. The first-order valence-corrected chi connectivity index (χ1v) is 10.2. The zero-order valence-corrected chi connectivity index (χ0v) is 18.2. The van der Waals surface area contributed by atoms with Gasteiger partial charge in [0.15, 0.2) is 18.1 Å². The first-order chi connectivity index (χ1) is 15.0. The fourth-order valence-corrected chi connectivity index (χ4v) is 3.21. The van der Waals surface area contributed by atoms with Gasteiger partial charge < -0.3 is 29.6 Å². The molecule has 0 radical (unpaired) electrons. The second kappa shape index (κ2) is 12.5. The van der Waals surface area contributed by atoms with Gasteiger partial charge in [-0.2, -0.15) is 0 Å². The van der Waals surface area contributed by atoms with E-state index in [1.165, 1.54) is 51.9 Å². The molecule has 0 fully saturated rings. The van der Waals surface area contributed by atoms with Gasteiger partial charge in [0.25, 0.3) is 11.8 Å². The van der Waals surface area contributed by atoms with E-state index in [4.69, 9.17) is 18.9 Å². The molecule has 9 nitrogen and oxygen atoms in total. The number of allylic oxidation sites excluding steroid dienone is 1. The summed E-state index contributed by atoms with van der Waals surface area (Å²) in [5.41, 5.74) is 1.58. The van der Waals surface area contributed by atoms with Crippen LogP contribution in [0, 0.1) is 0 Å². The summed E-state index contributed by atoms with van der Waals surface area (Å²) in [6, 6.07) is 2.94. The molecule has 9 heteroatoms. The van der Waals surface area contributed by atoms with E-state index in [9.17, 15) is 14.4 Å². The summed E-state index contributed by atoms with van der Waals surface area (Å²) in [6.07, 6.45) is 7.64. The summed E-state index contributed by atoms with van der Waals surface area (Å²) in [5, 5.41) is 5.17. The van der Waals surface area contributed by atoms with Crippen LogP contribution in [0.15, 0.2) is 23.8 Å². The average molecular weight is 434 g/mol.